The Hall–Kier alpha value is -2.41. The molecule has 2 aromatic carbocycles. The summed E-state index contributed by atoms with van der Waals surface area (Å²) in [4.78, 5) is 0. The standard InChI is InChI=1S/C15H20F4O.C8H10N2.C2H6/c1-4-15(5-2,12(20)13(16)17)11-8-6-10(7-9-11)14(3,18)19;1-6-3-2-4-8(10)7(6)5-9;1-2/h6-9,12-13,20H,4-5H2,1-3H3;2-5,9H,10H2,1H3;1-2H3. The molecule has 0 saturated carbocycles. The maximum Gasteiger partial charge on any atom is 0.270 e. The summed E-state index contributed by atoms with van der Waals surface area (Å²) in [5.41, 5.74) is 7.30. The minimum atomic E-state index is -2.97. The molecule has 1 atom stereocenters. The van der Waals surface area contributed by atoms with E-state index in [-0.39, 0.29) is 5.56 Å². The number of rotatable bonds is 7. The number of halogens is 4. The van der Waals surface area contributed by atoms with Crippen molar-refractivity contribution >= 4 is 11.9 Å². The first-order valence-corrected chi connectivity index (χ1v) is 10.7. The Bertz CT molecular complexity index is 793. The first-order chi connectivity index (χ1) is 14.9. The highest BCUT2D eigenvalue weighted by Gasteiger charge is 2.41. The number of aliphatic hydroxyl groups excluding tert-OH is 1. The van der Waals surface area contributed by atoms with Crippen LogP contribution in [0, 0.1) is 12.3 Å². The molecule has 0 amide bonds. The molecule has 0 bridgehead atoms. The van der Waals surface area contributed by atoms with Gasteiger partial charge >= 0.3 is 0 Å². The van der Waals surface area contributed by atoms with Crippen molar-refractivity contribution in [3.8, 4) is 0 Å². The number of anilines is 1. The van der Waals surface area contributed by atoms with Crippen molar-refractivity contribution in [3.63, 3.8) is 0 Å². The Labute approximate surface area is 189 Å². The molecule has 0 aliphatic heterocycles. The van der Waals surface area contributed by atoms with Crippen LogP contribution in [0.5, 0.6) is 0 Å². The Morgan fingerprint density at radius 2 is 1.47 bits per heavy atom. The zero-order valence-corrected chi connectivity index (χ0v) is 19.7. The third-order valence-electron chi connectivity index (χ3n) is 5.54. The number of nitrogens with one attached hydrogen (secondary N) is 1. The fourth-order valence-corrected chi connectivity index (χ4v) is 3.48. The van der Waals surface area contributed by atoms with Crippen molar-refractivity contribution in [1.29, 1.82) is 5.41 Å². The molecule has 32 heavy (non-hydrogen) atoms. The van der Waals surface area contributed by atoms with Crippen LogP contribution in [0.15, 0.2) is 42.5 Å². The van der Waals surface area contributed by atoms with E-state index in [2.05, 4.69) is 0 Å². The molecular weight excluding hydrogens is 420 g/mol. The van der Waals surface area contributed by atoms with Crippen molar-refractivity contribution < 1.29 is 22.7 Å². The van der Waals surface area contributed by atoms with E-state index in [4.69, 9.17) is 11.1 Å². The van der Waals surface area contributed by atoms with Crippen LogP contribution in [-0.4, -0.2) is 23.9 Å². The summed E-state index contributed by atoms with van der Waals surface area (Å²) >= 11 is 0. The second-order valence-electron chi connectivity index (χ2n) is 7.33. The van der Waals surface area contributed by atoms with Gasteiger partial charge in [0.25, 0.3) is 12.3 Å². The molecule has 0 radical (unpaired) electrons. The van der Waals surface area contributed by atoms with E-state index in [1.54, 1.807) is 19.9 Å². The Morgan fingerprint density at radius 1 is 1.00 bits per heavy atom. The normalized spacial score (nSPS) is 12.2. The lowest BCUT2D eigenvalue weighted by Crippen LogP contribution is -2.43. The van der Waals surface area contributed by atoms with Crippen LogP contribution in [0.1, 0.15) is 69.7 Å². The third kappa shape index (κ3) is 7.33. The number of hydrogen-bond acceptors (Lipinski definition) is 3. The molecule has 180 valence electrons. The van der Waals surface area contributed by atoms with Crippen LogP contribution in [0.2, 0.25) is 0 Å². The van der Waals surface area contributed by atoms with Gasteiger partial charge in [-0.05, 0) is 37.0 Å². The van der Waals surface area contributed by atoms with Gasteiger partial charge in [-0.1, -0.05) is 64.1 Å². The number of aryl methyl sites for hydroxylation is 1. The molecule has 3 nitrogen and oxygen atoms in total. The molecule has 0 fully saturated rings. The summed E-state index contributed by atoms with van der Waals surface area (Å²) in [6.45, 7) is 10.1. The molecule has 2 aromatic rings. The zero-order chi connectivity index (χ0) is 25.1. The van der Waals surface area contributed by atoms with Crippen molar-refractivity contribution in [1.82, 2.24) is 0 Å². The fraction of sp³-hybridized carbons (Fsp3) is 0.480. The van der Waals surface area contributed by atoms with E-state index in [1.165, 1.54) is 30.5 Å². The quantitative estimate of drug-likeness (QED) is 0.237. The van der Waals surface area contributed by atoms with Crippen molar-refractivity contribution in [2.75, 3.05) is 5.73 Å². The number of aliphatic hydroxyl groups is 1. The highest BCUT2D eigenvalue weighted by molar-refractivity contribution is 5.86. The monoisotopic (exact) mass is 456 g/mol. The van der Waals surface area contributed by atoms with Gasteiger partial charge in [0.1, 0.15) is 6.10 Å². The summed E-state index contributed by atoms with van der Waals surface area (Å²) in [6, 6.07) is 10.9. The van der Waals surface area contributed by atoms with Crippen LogP contribution in [-0.2, 0) is 11.3 Å². The zero-order valence-electron chi connectivity index (χ0n) is 19.7. The smallest absolute Gasteiger partial charge is 0.270 e. The average molecular weight is 457 g/mol. The van der Waals surface area contributed by atoms with Gasteiger partial charge < -0.3 is 16.2 Å². The van der Waals surface area contributed by atoms with Gasteiger partial charge in [-0.15, -0.1) is 0 Å². The predicted molar refractivity (Wildman–Crippen MR) is 125 cm³/mol. The highest BCUT2D eigenvalue weighted by atomic mass is 19.3. The Balaban J connectivity index is 0.000000668. The maximum atomic E-state index is 13.2. The number of benzene rings is 2. The van der Waals surface area contributed by atoms with Gasteiger partial charge in [0.2, 0.25) is 0 Å². The van der Waals surface area contributed by atoms with E-state index < -0.39 is 23.9 Å². The highest BCUT2D eigenvalue weighted by Crippen LogP contribution is 2.39. The van der Waals surface area contributed by atoms with E-state index >= 15 is 0 Å². The summed E-state index contributed by atoms with van der Waals surface area (Å²) in [7, 11) is 0. The van der Waals surface area contributed by atoms with Crippen LogP contribution < -0.4 is 5.73 Å². The second-order valence-corrected chi connectivity index (χ2v) is 7.33. The summed E-state index contributed by atoms with van der Waals surface area (Å²) in [6.07, 6.45) is -2.80. The molecule has 7 heteroatoms. The van der Waals surface area contributed by atoms with Crippen molar-refractivity contribution in [3.05, 3.63) is 64.7 Å². The van der Waals surface area contributed by atoms with E-state index in [0.717, 1.165) is 18.1 Å². The lowest BCUT2D eigenvalue weighted by atomic mass is 9.71. The first-order valence-electron chi connectivity index (χ1n) is 10.7. The van der Waals surface area contributed by atoms with Gasteiger partial charge in [0.15, 0.2) is 0 Å². The summed E-state index contributed by atoms with van der Waals surface area (Å²) in [5, 5.41) is 16.8. The van der Waals surface area contributed by atoms with Gasteiger partial charge in [-0.2, -0.15) is 0 Å². The number of alkyl halides is 4. The van der Waals surface area contributed by atoms with Gasteiger partial charge in [-0.25, -0.2) is 17.6 Å². The van der Waals surface area contributed by atoms with Crippen LogP contribution >= 0.6 is 0 Å². The third-order valence-corrected chi connectivity index (χ3v) is 5.54. The summed E-state index contributed by atoms with van der Waals surface area (Å²) < 4.78 is 52.1. The summed E-state index contributed by atoms with van der Waals surface area (Å²) in [5.74, 6) is -2.97. The lowest BCUT2D eigenvalue weighted by molar-refractivity contribution is -0.0558. The second kappa shape index (κ2) is 13.2. The number of hydrogen-bond donors (Lipinski definition) is 3. The topological polar surface area (TPSA) is 70.1 Å². The maximum absolute atomic E-state index is 13.2. The molecule has 0 saturated heterocycles. The largest absolute Gasteiger partial charge is 0.398 e. The molecule has 1 unspecified atom stereocenters. The number of nitrogen functional groups attached to an aromatic ring is 1. The average Bonchev–Trinajstić information content (AvgIpc) is 2.76. The molecule has 0 aliphatic rings. The molecule has 0 heterocycles. The molecule has 2 rings (SSSR count). The number of nitrogens with two attached hydrogens (primary N) is 1. The molecule has 0 spiro atoms. The first kappa shape index (κ1) is 29.6. The molecule has 0 aliphatic carbocycles. The van der Waals surface area contributed by atoms with E-state index in [1.807, 2.05) is 32.9 Å². The van der Waals surface area contributed by atoms with Gasteiger partial charge in [0, 0.05) is 35.4 Å². The minimum absolute atomic E-state index is 0.172. The predicted octanol–water partition coefficient (Wildman–Crippen LogP) is 7.08. The van der Waals surface area contributed by atoms with Crippen molar-refractivity contribution in [2.45, 2.75) is 78.3 Å². The minimum Gasteiger partial charge on any atom is -0.398 e. The molecule has 4 N–H and O–H groups in total. The SMILES string of the molecule is CC.CCC(CC)(c1ccc(C(C)(F)F)cc1)C(O)C(F)F.Cc1cccc(N)c1C=N. The van der Waals surface area contributed by atoms with Gasteiger partial charge in [-0.3, -0.25) is 0 Å². The van der Waals surface area contributed by atoms with E-state index in [0.29, 0.717) is 24.1 Å². The fourth-order valence-electron chi connectivity index (χ4n) is 3.48. The Morgan fingerprint density at radius 3 is 1.78 bits per heavy atom. The van der Waals surface area contributed by atoms with Crippen LogP contribution in [0.25, 0.3) is 0 Å². The molecule has 0 aromatic heterocycles. The molecular formula is C25H36F4N2O. The van der Waals surface area contributed by atoms with Crippen LogP contribution in [0.4, 0.5) is 23.2 Å². The Kier molecular flexibility index (Phi) is 12.2. The van der Waals surface area contributed by atoms with Crippen LogP contribution in [0.3, 0.4) is 0 Å². The van der Waals surface area contributed by atoms with Gasteiger partial charge in [0.05, 0.1) is 0 Å². The van der Waals surface area contributed by atoms with E-state index in [9.17, 15) is 22.7 Å². The van der Waals surface area contributed by atoms with Crippen molar-refractivity contribution in [2.24, 2.45) is 0 Å². The lowest BCUT2D eigenvalue weighted by Gasteiger charge is -2.37.